The lowest BCUT2D eigenvalue weighted by Gasteiger charge is -2.33. The molecule has 1 aromatic rings. The molecule has 2 fully saturated rings. The number of ether oxygens (including phenoxy) is 2. The Kier molecular flexibility index (Phi) is 6.10. The Balaban J connectivity index is 1.42. The Morgan fingerprint density at radius 2 is 1.92 bits per heavy atom. The maximum atomic E-state index is 12.0. The highest BCUT2D eigenvalue weighted by molar-refractivity contribution is 5.67. The van der Waals surface area contributed by atoms with Crippen LogP contribution in [-0.4, -0.2) is 61.8 Å². The summed E-state index contributed by atoms with van der Waals surface area (Å²) in [5.74, 6) is 0. The monoisotopic (exact) mass is 332 g/mol. The molecule has 132 valence electrons. The summed E-state index contributed by atoms with van der Waals surface area (Å²) in [6.07, 6.45) is 3.36. The summed E-state index contributed by atoms with van der Waals surface area (Å²) in [5.41, 5.74) is 2.48. The van der Waals surface area contributed by atoms with E-state index in [1.54, 1.807) is 0 Å². The predicted octanol–water partition coefficient (Wildman–Crippen LogP) is 2.99. The molecule has 0 N–H and O–H groups in total. The average molecular weight is 332 g/mol. The van der Waals surface area contributed by atoms with E-state index in [4.69, 9.17) is 9.47 Å². The molecule has 1 aromatic carbocycles. The summed E-state index contributed by atoms with van der Waals surface area (Å²) in [5, 5.41) is 0. The fourth-order valence-electron chi connectivity index (χ4n) is 3.32. The number of amides is 1. The van der Waals surface area contributed by atoms with Gasteiger partial charge in [-0.3, -0.25) is 4.90 Å². The van der Waals surface area contributed by atoms with Crippen molar-refractivity contribution in [3.05, 3.63) is 35.4 Å². The number of aryl methyl sites for hydroxylation is 1. The van der Waals surface area contributed by atoms with Gasteiger partial charge in [0.1, 0.15) is 6.61 Å². The van der Waals surface area contributed by atoms with E-state index < -0.39 is 0 Å². The number of nitrogens with zero attached hydrogens (tertiary/aromatic N) is 2. The molecule has 5 heteroatoms. The Morgan fingerprint density at radius 3 is 2.67 bits per heavy atom. The van der Waals surface area contributed by atoms with Crippen molar-refractivity contribution >= 4 is 6.09 Å². The fraction of sp³-hybridized carbons (Fsp3) is 0.632. The third-order valence-electron chi connectivity index (χ3n) is 4.85. The number of rotatable bonds is 4. The Morgan fingerprint density at radius 1 is 1.17 bits per heavy atom. The largest absolute Gasteiger partial charge is 0.448 e. The first-order valence-electron chi connectivity index (χ1n) is 9.04. The van der Waals surface area contributed by atoms with Crippen LogP contribution in [0.4, 0.5) is 4.79 Å². The summed E-state index contributed by atoms with van der Waals surface area (Å²) >= 11 is 0. The van der Waals surface area contributed by atoms with Gasteiger partial charge in [0.25, 0.3) is 0 Å². The van der Waals surface area contributed by atoms with Crippen molar-refractivity contribution in [2.45, 2.75) is 32.3 Å². The first-order valence-corrected chi connectivity index (χ1v) is 9.04. The zero-order chi connectivity index (χ0) is 16.8. The minimum absolute atomic E-state index is 0.108. The predicted molar refractivity (Wildman–Crippen MR) is 93.1 cm³/mol. The molecule has 0 radical (unpaired) electrons. The zero-order valence-electron chi connectivity index (χ0n) is 14.6. The van der Waals surface area contributed by atoms with E-state index in [1.807, 2.05) is 4.90 Å². The summed E-state index contributed by atoms with van der Waals surface area (Å²) in [6.45, 7) is 7.46. The molecule has 0 bridgehead atoms. The second kappa shape index (κ2) is 8.49. The molecule has 3 rings (SSSR count). The number of hydrogen-bond acceptors (Lipinski definition) is 4. The average Bonchev–Trinajstić information content (AvgIpc) is 2.63. The molecule has 0 unspecified atom stereocenters. The lowest BCUT2D eigenvalue weighted by molar-refractivity contribution is -0.0353. The Hall–Kier alpha value is -1.59. The number of piperidine rings is 1. The zero-order valence-corrected chi connectivity index (χ0v) is 14.6. The van der Waals surface area contributed by atoms with Crippen molar-refractivity contribution in [1.29, 1.82) is 0 Å². The van der Waals surface area contributed by atoms with Gasteiger partial charge in [0.05, 0.1) is 12.7 Å². The van der Waals surface area contributed by atoms with Crippen LogP contribution in [0.2, 0.25) is 0 Å². The standard InChI is InChI=1S/C19H28N2O3/c1-16-5-7-17(8-6-16)18-15-20(11-13-23-18)12-14-24-19(22)21-9-3-2-4-10-21/h5-8,18H,2-4,9-15H2,1H3/t18-/m1/s1. The number of morpholine rings is 1. The summed E-state index contributed by atoms with van der Waals surface area (Å²) in [7, 11) is 0. The molecule has 2 saturated heterocycles. The van der Waals surface area contributed by atoms with Crippen molar-refractivity contribution < 1.29 is 14.3 Å². The van der Waals surface area contributed by atoms with Crippen LogP contribution in [0.1, 0.15) is 36.5 Å². The van der Waals surface area contributed by atoms with Gasteiger partial charge in [-0.15, -0.1) is 0 Å². The summed E-state index contributed by atoms with van der Waals surface area (Å²) in [4.78, 5) is 16.2. The highest BCUT2D eigenvalue weighted by Crippen LogP contribution is 2.22. The minimum atomic E-state index is -0.155. The minimum Gasteiger partial charge on any atom is -0.448 e. The van der Waals surface area contributed by atoms with E-state index in [0.717, 1.165) is 52.2 Å². The quantitative estimate of drug-likeness (QED) is 0.850. The number of carbonyl (C=O) groups excluding carboxylic acids is 1. The number of benzene rings is 1. The van der Waals surface area contributed by atoms with Crippen molar-refractivity contribution in [3.63, 3.8) is 0 Å². The normalized spacial score (nSPS) is 22.4. The molecule has 2 aliphatic rings. The van der Waals surface area contributed by atoms with Crippen LogP contribution in [0, 0.1) is 6.92 Å². The lowest BCUT2D eigenvalue weighted by Crippen LogP contribution is -2.41. The number of hydrogen-bond donors (Lipinski definition) is 0. The van der Waals surface area contributed by atoms with Crippen LogP contribution in [0.25, 0.3) is 0 Å². The smallest absolute Gasteiger partial charge is 0.409 e. The van der Waals surface area contributed by atoms with Crippen molar-refractivity contribution in [3.8, 4) is 0 Å². The first kappa shape index (κ1) is 17.2. The van der Waals surface area contributed by atoms with Gasteiger partial charge >= 0.3 is 6.09 Å². The van der Waals surface area contributed by atoms with Gasteiger partial charge in [0.15, 0.2) is 0 Å². The van der Waals surface area contributed by atoms with Crippen molar-refractivity contribution in [2.24, 2.45) is 0 Å². The maximum Gasteiger partial charge on any atom is 0.409 e. The van der Waals surface area contributed by atoms with Crippen molar-refractivity contribution in [1.82, 2.24) is 9.80 Å². The molecule has 24 heavy (non-hydrogen) atoms. The third-order valence-corrected chi connectivity index (χ3v) is 4.85. The molecular formula is C19H28N2O3. The van der Waals surface area contributed by atoms with Crippen LogP contribution in [0.5, 0.6) is 0 Å². The van der Waals surface area contributed by atoms with Gasteiger partial charge in [0, 0.05) is 32.7 Å². The number of carbonyl (C=O) groups is 1. The molecule has 1 atom stereocenters. The van der Waals surface area contributed by atoms with E-state index >= 15 is 0 Å². The van der Waals surface area contributed by atoms with Gasteiger partial charge in [-0.2, -0.15) is 0 Å². The first-order chi connectivity index (χ1) is 11.7. The molecule has 1 amide bonds. The molecular weight excluding hydrogens is 304 g/mol. The highest BCUT2D eigenvalue weighted by Gasteiger charge is 2.22. The molecule has 0 aromatic heterocycles. The van der Waals surface area contributed by atoms with Crippen LogP contribution in [0.15, 0.2) is 24.3 Å². The van der Waals surface area contributed by atoms with Gasteiger partial charge in [-0.1, -0.05) is 29.8 Å². The maximum absolute atomic E-state index is 12.0. The molecule has 0 aliphatic carbocycles. The van der Waals surface area contributed by atoms with Crippen LogP contribution >= 0.6 is 0 Å². The van der Waals surface area contributed by atoms with Crippen LogP contribution in [0.3, 0.4) is 0 Å². The number of likely N-dealkylation sites (tertiary alicyclic amines) is 1. The molecule has 5 nitrogen and oxygen atoms in total. The van der Waals surface area contributed by atoms with E-state index in [1.165, 1.54) is 17.5 Å². The lowest BCUT2D eigenvalue weighted by atomic mass is 10.1. The third kappa shape index (κ3) is 4.71. The van der Waals surface area contributed by atoms with E-state index in [2.05, 4.69) is 36.1 Å². The van der Waals surface area contributed by atoms with Crippen LogP contribution in [-0.2, 0) is 9.47 Å². The summed E-state index contributed by atoms with van der Waals surface area (Å²) < 4.78 is 11.3. The summed E-state index contributed by atoms with van der Waals surface area (Å²) in [6, 6.07) is 8.52. The van der Waals surface area contributed by atoms with Gasteiger partial charge in [0.2, 0.25) is 0 Å². The van der Waals surface area contributed by atoms with Crippen LogP contribution < -0.4 is 0 Å². The van der Waals surface area contributed by atoms with Crippen molar-refractivity contribution in [2.75, 3.05) is 45.9 Å². The van der Waals surface area contributed by atoms with Gasteiger partial charge in [-0.05, 0) is 31.7 Å². The fourth-order valence-corrected chi connectivity index (χ4v) is 3.32. The Labute approximate surface area is 144 Å². The SMILES string of the molecule is Cc1ccc([C@H]2CN(CCOC(=O)N3CCCCC3)CCO2)cc1. The molecule has 0 saturated carbocycles. The molecule has 2 aliphatic heterocycles. The van der Waals surface area contributed by atoms with E-state index in [0.29, 0.717) is 6.61 Å². The molecule has 0 spiro atoms. The second-order valence-electron chi connectivity index (χ2n) is 6.73. The Bertz CT molecular complexity index is 526. The second-order valence-corrected chi connectivity index (χ2v) is 6.73. The molecule has 2 heterocycles. The van der Waals surface area contributed by atoms with Gasteiger partial charge < -0.3 is 14.4 Å². The highest BCUT2D eigenvalue weighted by atomic mass is 16.6. The van der Waals surface area contributed by atoms with E-state index in [-0.39, 0.29) is 12.2 Å². The topological polar surface area (TPSA) is 42.0 Å². The van der Waals surface area contributed by atoms with Gasteiger partial charge in [-0.25, -0.2) is 4.79 Å². The van der Waals surface area contributed by atoms with E-state index in [9.17, 15) is 4.79 Å².